The van der Waals surface area contributed by atoms with Gasteiger partial charge in [0.25, 0.3) is 0 Å². The van der Waals surface area contributed by atoms with Gasteiger partial charge in [0, 0.05) is 0 Å². The Hall–Kier alpha value is -2.83. The molecule has 0 aliphatic carbocycles. The van der Waals surface area contributed by atoms with Crippen LogP contribution in [0.4, 0.5) is 5.95 Å². The maximum absolute atomic E-state index is 11.3. The Balaban J connectivity index is 2.15. The van der Waals surface area contributed by atoms with E-state index in [1.54, 1.807) is 10.8 Å². The Labute approximate surface area is 120 Å². The van der Waals surface area contributed by atoms with E-state index in [1.807, 2.05) is 31.2 Å². The lowest BCUT2D eigenvalue weighted by Gasteiger charge is -2.23. The van der Waals surface area contributed by atoms with E-state index in [9.17, 15) is 9.90 Å². The second-order valence-electron chi connectivity index (χ2n) is 4.68. The molecule has 1 unspecified atom stereocenters. The van der Waals surface area contributed by atoms with E-state index in [0.29, 0.717) is 5.95 Å². The molecule has 0 radical (unpaired) electrons. The summed E-state index contributed by atoms with van der Waals surface area (Å²) in [6.07, 6.45) is 1.62. The van der Waals surface area contributed by atoms with Crippen LogP contribution < -0.4 is 10.1 Å². The Morgan fingerprint density at radius 1 is 1.43 bits per heavy atom. The fraction of sp³-hybridized carbons (Fsp3) is 0.214. The molecular formula is C14H14N4O3. The van der Waals surface area contributed by atoms with Crippen LogP contribution in [0.15, 0.2) is 36.0 Å². The van der Waals surface area contributed by atoms with E-state index >= 15 is 0 Å². The molecule has 0 amide bonds. The van der Waals surface area contributed by atoms with E-state index in [0.717, 1.165) is 11.1 Å². The van der Waals surface area contributed by atoms with Gasteiger partial charge < -0.3 is 15.2 Å². The van der Waals surface area contributed by atoms with Crippen molar-refractivity contribution < 1.29 is 14.6 Å². The van der Waals surface area contributed by atoms with Gasteiger partial charge in [-0.1, -0.05) is 24.3 Å². The van der Waals surface area contributed by atoms with Crippen LogP contribution in [0.25, 0.3) is 0 Å². The van der Waals surface area contributed by atoms with Crippen molar-refractivity contribution in [2.45, 2.75) is 13.0 Å². The number of fused-ring (bicyclic) bond motifs is 1. The number of rotatable bonds is 3. The van der Waals surface area contributed by atoms with Gasteiger partial charge in [-0.15, -0.1) is 5.10 Å². The molecule has 0 saturated heterocycles. The number of hydrogen-bond acceptors (Lipinski definition) is 5. The summed E-state index contributed by atoms with van der Waals surface area (Å²) in [5.74, 6) is -0.693. The van der Waals surface area contributed by atoms with Crippen LogP contribution in [0.5, 0.6) is 6.01 Å². The number of methoxy groups -OCH3 is 1. The Morgan fingerprint density at radius 3 is 2.86 bits per heavy atom. The Kier molecular flexibility index (Phi) is 3.09. The predicted molar refractivity (Wildman–Crippen MR) is 75.2 cm³/mol. The van der Waals surface area contributed by atoms with E-state index in [-0.39, 0.29) is 17.7 Å². The van der Waals surface area contributed by atoms with Crippen molar-refractivity contribution in [3.63, 3.8) is 0 Å². The summed E-state index contributed by atoms with van der Waals surface area (Å²) in [5.41, 5.74) is 2.09. The maximum atomic E-state index is 11.3. The van der Waals surface area contributed by atoms with Crippen molar-refractivity contribution in [1.82, 2.24) is 14.8 Å². The van der Waals surface area contributed by atoms with Crippen LogP contribution in [-0.4, -0.2) is 33.0 Å². The van der Waals surface area contributed by atoms with Gasteiger partial charge in [-0.3, -0.25) is 0 Å². The third-order valence-corrected chi connectivity index (χ3v) is 3.37. The summed E-state index contributed by atoms with van der Waals surface area (Å²) in [7, 11) is 1.47. The van der Waals surface area contributed by atoms with Gasteiger partial charge in [0.2, 0.25) is 5.95 Å². The van der Waals surface area contributed by atoms with Crippen molar-refractivity contribution >= 4 is 11.9 Å². The molecule has 1 atom stereocenters. The first-order valence-electron chi connectivity index (χ1n) is 6.38. The largest absolute Gasteiger partial charge is 0.477 e. The average molecular weight is 286 g/mol. The molecule has 1 aromatic heterocycles. The van der Waals surface area contributed by atoms with Crippen LogP contribution in [-0.2, 0) is 4.79 Å². The summed E-state index contributed by atoms with van der Waals surface area (Å²) in [4.78, 5) is 15.4. The number of nitrogens with one attached hydrogen (secondary N) is 1. The second kappa shape index (κ2) is 4.93. The van der Waals surface area contributed by atoms with Crippen molar-refractivity contribution in [2.75, 3.05) is 12.4 Å². The number of anilines is 1. The summed E-state index contributed by atoms with van der Waals surface area (Å²) < 4.78 is 6.64. The van der Waals surface area contributed by atoms with Crippen molar-refractivity contribution in [3.05, 3.63) is 47.2 Å². The molecule has 1 aliphatic heterocycles. The average Bonchev–Trinajstić information content (AvgIpc) is 2.90. The number of hydrogen-bond donors (Lipinski definition) is 2. The number of aryl methyl sites for hydroxylation is 1. The third kappa shape index (κ3) is 2.22. The van der Waals surface area contributed by atoms with Crippen molar-refractivity contribution in [3.8, 4) is 6.01 Å². The predicted octanol–water partition coefficient (Wildman–Crippen LogP) is 1.58. The van der Waals surface area contributed by atoms with Gasteiger partial charge >= 0.3 is 12.0 Å². The van der Waals surface area contributed by atoms with Crippen molar-refractivity contribution in [1.29, 1.82) is 0 Å². The zero-order valence-corrected chi connectivity index (χ0v) is 11.6. The molecule has 7 nitrogen and oxygen atoms in total. The number of allylic oxidation sites excluding steroid dienone is 1. The number of aliphatic carboxylic acids is 1. The number of benzene rings is 1. The maximum Gasteiger partial charge on any atom is 0.352 e. The smallest absolute Gasteiger partial charge is 0.352 e. The fourth-order valence-electron chi connectivity index (χ4n) is 2.32. The fourth-order valence-corrected chi connectivity index (χ4v) is 2.32. The highest BCUT2D eigenvalue weighted by Gasteiger charge is 2.28. The standard InChI is InChI=1S/C14H14N4O3/c1-8-5-3-4-6-9(8)11-7-10(12(19)20)15-13-16-14(21-2)17-18(11)13/h3-7,11H,1-2H3,(H,19,20)(H,15,16,17). The number of carbonyl (C=O) groups is 1. The normalized spacial score (nSPS) is 16.7. The minimum atomic E-state index is -1.04. The molecule has 0 spiro atoms. The highest BCUT2D eigenvalue weighted by Crippen LogP contribution is 2.31. The lowest BCUT2D eigenvalue weighted by molar-refractivity contribution is -0.132. The molecule has 2 heterocycles. The van der Waals surface area contributed by atoms with Gasteiger partial charge in [0.05, 0.1) is 7.11 Å². The van der Waals surface area contributed by atoms with Crippen LogP contribution in [0, 0.1) is 6.92 Å². The van der Waals surface area contributed by atoms with Gasteiger partial charge in [0.1, 0.15) is 11.7 Å². The van der Waals surface area contributed by atoms with E-state index in [4.69, 9.17) is 4.74 Å². The molecule has 1 aliphatic rings. The molecule has 2 N–H and O–H groups in total. The zero-order valence-electron chi connectivity index (χ0n) is 11.6. The second-order valence-corrected chi connectivity index (χ2v) is 4.68. The molecule has 2 aromatic rings. The molecule has 0 saturated carbocycles. The number of carboxylic acid groups (broad SMARTS) is 1. The minimum Gasteiger partial charge on any atom is -0.477 e. The highest BCUT2D eigenvalue weighted by molar-refractivity contribution is 5.90. The van der Waals surface area contributed by atoms with Crippen LogP contribution >= 0.6 is 0 Å². The van der Waals surface area contributed by atoms with E-state index in [2.05, 4.69) is 15.4 Å². The summed E-state index contributed by atoms with van der Waals surface area (Å²) in [6, 6.07) is 7.61. The lowest BCUT2D eigenvalue weighted by Crippen LogP contribution is -2.24. The molecule has 21 heavy (non-hydrogen) atoms. The first kappa shape index (κ1) is 13.2. The van der Waals surface area contributed by atoms with Crippen molar-refractivity contribution in [2.24, 2.45) is 0 Å². The quantitative estimate of drug-likeness (QED) is 0.890. The highest BCUT2D eigenvalue weighted by atomic mass is 16.5. The molecule has 0 bridgehead atoms. The monoisotopic (exact) mass is 286 g/mol. The summed E-state index contributed by atoms with van der Waals surface area (Å²) >= 11 is 0. The van der Waals surface area contributed by atoms with E-state index < -0.39 is 5.97 Å². The number of ether oxygens (including phenoxy) is 1. The first-order valence-corrected chi connectivity index (χ1v) is 6.38. The lowest BCUT2D eigenvalue weighted by atomic mass is 9.99. The van der Waals surface area contributed by atoms with Gasteiger partial charge in [-0.2, -0.15) is 4.98 Å². The molecule has 7 heteroatoms. The van der Waals surface area contributed by atoms with Crippen LogP contribution in [0.3, 0.4) is 0 Å². The van der Waals surface area contributed by atoms with Gasteiger partial charge in [0.15, 0.2) is 0 Å². The third-order valence-electron chi connectivity index (χ3n) is 3.37. The van der Waals surface area contributed by atoms with Crippen LogP contribution in [0.2, 0.25) is 0 Å². The molecule has 108 valence electrons. The number of carboxylic acids is 1. The molecular weight excluding hydrogens is 272 g/mol. The molecule has 1 aromatic carbocycles. The summed E-state index contributed by atoms with van der Waals surface area (Å²) in [5, 5.41) is 16.2. The number of aromatic nitrogens is 3. The molecule has 3 rings (SSSR count). The minimum absolute atomic E-state index is 0.0748. The van der Waals surface area contributed by atoms with Gasteiger partial charge in [-0.25, -0.2) is 9.48 Å². The Morgan fingerprint density at radius 2 is 2.19 bits per heavy atom. The molecule has 0 fully saturated rings. The van der Waals surface area contributed by atoms with Gasteiger partial charge in [-0.05, 0) is 24.1 Å². The summed E-state index contributed by atoms with van der Waals surface area (Å²) in [6.45, 7) is 1.97. The number of nitrogens with zero attached hydrogens (tertiary/aromatic N) is 3. The Bertz CT molecular complexity index is 736. The van der Waals surface area contributed by atoms with Crippen LogP contribution in [0.1, 0.15) is 17.2 Å². The topological polar surface area (TPSA) is 89.3 Å². The SMILES string of the molecule is COc1nc2n(n1)C(c1ccccc1C)C=C(C(=O)O)N2. The zero-order chi connectivity index (χ0) is 15.0. The van der Waals surface area contributed by atoms with E-state index in [1.165, 1.54) is 7.11 Å². The first-order chi connectivity index (χ1) is 10.1.